The van der Waals surface area contributed by atoms with Gasteiger partial charge in [-0.05, 0) is 119 Å². The maximum absolute atomic E-state index is 14.9. The molecule has 0 saturated heterocycles. The molecule has 5 nitrogen and oxygen atoms in total. The van der Waals surface area contributed by atoms with Crippen molar-refractivity contribution in [3.8, 4) is 17.2 Å². The lowest BCUT2D eigenvalue weighted by Crippen LogP contribution is -2.43. The van der Waals surface area contributed by atoms with Gasteiger partial charge in [-0.25, -0.2) is 4.39 Å². The van der Waals surface area contributed by atoms with Gasteiger partial charge in [0.15, 0.2) is 11.6 Å². The number of rotatable bonds is 10. The minimum Gasteiger partial charge on any atom is -0.508 e. The number of methoxy groups -OCH3 is 1. The van der Waals surface area contributed by atoms with Gasteiger partial charge in [0.25, 0.3) is 0 Å². The largest absolute Gasteiger partial charge is 0.508 e. The molecule has 4 rings (SSSR count). The lowest BCUT2D eigenvalue weighted by atomic mass is 9.79. The summed E-state index contributed by atoms with van der Waals surface area (Å²) in [6.45, 7) is 6.65. The number of aryl methyl sites for hydroxylation is 1. The molecule has 1 aliphatic rings. The van der Waals surface area contributed by atoms with Gasteiger partial charge in [0.1, 0.15) is 18.1 Å². The summed E-state index contributed by atoms with van der Waals surface area (Å²) in [5, 5.41) is 13.5. The molecule has 2 atom stereocenters. The molecule has 0 aromatic heterocycles. The zero-order valence-electron chi connectivity index (χ0n) is 23.5. The van der Waals surface area contributed by atoms with Crippen LogP contribution in [0.5, 0.6) is 17.2 Å². The molecule has 3 aromatic rings. The molecule has 0 amide bonds. The summed E-state index contributed by atoms with van der Waals surface area (Å²) in [6.07, 6.45) is 3.56. The molecular weight excluding hydrogens is 479 g/mol. The van der Waals surface area contributed by atoms with Crippen LogP contribution in [0.1, 0.15) is 55.4 Å². The van der Waals surface area contributed by atoms with E-state index in [0.29, 0.717) is 24.7 Å². The number of phenolic OH excluding ortho intramolecular Hbond substituents is 1. The second-order valence-electron chi connectivity index (χ2n) is 11.4. The van der Waals surface area contributed by atoms with Crippen molar-refractivity contribution in [3.05, 3.63) is 82.7 Å². The number of nitrogens with zero attached hydrogens (tertiary/aromatic N) is 1. The normalized spacial score (nSPS) is 16.2. The molecule has 0 saturated carbocycles. The van der Waals surface area contributed by atoms with Gasteiger partial charge < -0.3 is 24.8 Å². The number of anilines is 1. The zero-order valence-corrected chi connectivity index (χ0v) is 23.5. The molecule has 0 bridgehead atoms. The molecule has 38 heavy (non-hydrogen) atoms. The molecule has 6 heteroatoms. The Kier molecular flexibility index (Phi) is 8.51. The number of nitrogens with one attached hydrogen (secondary N) is 1. The van der Waals surface area contributed by atoms with Crippen LogP contribution >= 0.6 is 0 Å². The number of ether oxygens (including phenoxy) is 2. The van der Waals surface area contributed by atoms with Crippen molar-refractivity contribution in [3.63, 3.8) is 0 Å². The molecule has 0 spiro atoms. The van der Waals surface area contributed by atoms with E-state index in [-0.39, 0.29) is 23.1 Å². The van der Waals surface area contributed by atoms with Gasteiger partial charge in [0, 0.05) is 23.3 Å². The quantitative estimate of drug-likeness (QED) is 0.317. The summed E-state index contributed by atoms with van der Waals surface area (Å²) in [7, 11) is 5.66. The van der Waals surface area contributed by atoms with Crippen LogP contribution in [0.25, 0.3) is 0 Å². The topological polar surface area (TPSA) is 54.0 Å². The Morgan fingerprint density at radius 3 is 2.58 bits per heavy atom. The Labute approximate surface area is 226 Å². The summed E-state index contributed by atoms with van der Waals surface area (Å²) < 4.78 is 26.2. The first kappa shape index (κ1) is 27.8. The highest BCUT2D eigenvalue weighted by Crippen LogP contribution is 2.38. The zero-order chi connectivity index (χ0) is 27.4. The van der Waals surface area contributed by atoms with Crippen molar-refractivity contribution in [2.75, 3.05) is 33.1 Å². The van der Waals surface area contributed by atoms with Crippen molar-refractivity contribution in [2.24, 2.45) is 0 Å². The van der Waals surface area contributed by atoms with Crippen molar-refractivity contribution in [1.29, 1.82) is 0 Å². The lowest BCUT2D eigenvalue weighted by Gasteiger charge is -2.32. The van der Waals surface area contributed by atoms with Crippen LogP contribution in [-0.2, 0) is 19.3 Å². The molecule has 0 radical (unpaired) electrons. The van der Waals surface area contributed by atoms with Crippen LogP contribution in [0.4, 0.5) is 10.1 Å². The minimum absolute atomic E-state index is 0.0764. The number of benzene rings is 3. The van der Waals surface area contributed by atoms with Crippen LogP contribution in [0.2, 0.25) is 0 Å². The SMILES string of the molecule is COc1ccc(C2CCc3cc(O)ccc3C2)c(NC(C)Cc2ccc(OCC(C)(C)N(C)C)c(F)c2)c1. The standard InChI is InChI=1S/C32H41FN2O3/c1-21(15-22-7-14-31(29(33)16-22)38-20-32(2,3)35(4)5)34-30-19-27(37-6)12-13-28(30)25-9-8-24-18-26(36)11-10-23(24)17-25/h7,10-14,16,18-19,21,25,34,36H,8-9,15,17,20H2,1-6H3. The molecule has 1 aliphatic carbocycles. The van der Waals surface area contributed by atoms with Crippen molar-refractivity contribution in [1.82, 2.24) is 4.90 Å². The van der Waals surface area contributed by atoms with Crippen LogP contribution < -0.4 is 14.8 Å². The highest BCUT2D eigenvalue weighted by molar-refractivity contribution is 5.58. The Balaban J connectivity index is 1.46. The Morgan fingerprint density at radius 2 is 1.87 bits per heavy atom. The van der Waals surface area contributed by atoms with E-state index in [9.17, 15) is 9.50 Å². The summed E-state index contributed by atoms with van der Waals surface area (Å²) in [5.41, 5.74) is 5.56. The first-order valence-corrected chi connectivity index (χ1v) is 13.4. The van der Waals surface area contributed by atoms with Gasteiger partial charge in [-0.1, -0.05) is 18.2 Å². The van der Waals surface area contributed by atoms with Gasteiger partial charge in [0.2, 0.25) is 0 Å². The molecular formula is C32H41FN2O3. The highest BCUT2D eigenvalue weighted by atomic mass is 19.1. The number of aromatic hydroxyl groups is 1. The van der Waals surface area contributed by atoms with E-state index in [1.807, 2.05) is 38.4 Å². The predicted octanol–water partition coefficient (Wildman–Crippen LogP) is 6.57. The van der Waals surface area contributed by atoms with Crippen molar-refractivity contribution in [2.45, 2.75) is 64.0 Å². The van der Waals surface area contributed by atoms with E-state index >= 15 is 0 Å². The number of fused-ring (bicyclic) bond motifs is 1. The maximum atomic E-state index is 14.9. The molecule has 2 N–H and O–H groups in total. The molecule has 3 aromatic carbocycles. The number of likely N-dealkylation sites (N-methyl/N-ethyl adjacent to an activating group) is 1. The first-order valence-electron chi connectivity index (χ1n) is 13.4. The summed E-state index contributed by atoms with van der Waals surface area (Å²) in [4.78, 5) is 2.07. The Hall–Kier alpha value is -3.25. The van der Waals surface area contributed by atoms with E-state index in [2.05, 4.69) is 43.1 Å². The predicted molar refractivity (Wildman–Crippen MR) is 152 cm³/mol. The van der Waals surface area contributed by atoms with Crippen LogP contribution in [-0.4, -0.2) is 49.4 Å². The van der Waals surface area contributed by atoms with Crippen LogP contribution in [0.15, 0.2) is 54.6 Å². The molecule has 0 heterocycles. The monoisotopic (exact) mass is 520 g/mol. The van der Waals surface area contributed by atoms with Gasteiger partial charge in [-0.15, -0.1) is 0 Å². The first-order chi connectivity index (χ1) is 18.1. The average molecular weight is 521 g/mol. The lowest BCUT2D eigenvalue weighted by molar-refractivity contribution is 0.111. The molecule has 204 valence electrons. The van der Waals surface area contributed by atoms with Gasteiger partial charge >= 0.3 is 0 Å². The van der Waals surface area contributed by atoms with Crippen LogP contribution in [0.3, 0.4) is 0 Å². The minimum atomic E-state index is -0.335. The molecule has 0 fully saturated rings. The second-order valence-corrected chi connectivity index (χ2v) is 11.4. The van der Waals surface area contributed by atoms with E-state index in [0.717, 1.165) is 36.3 Å². The summed E-state index contributed by atoms with van der Waals surface area (Å²) in [6, 6.07) is 17.3. The fraction of sp³-hybridized carbons (Fsp3) is 0.438. The van der Waals surface area contributed by atoms with Gasteiger partial charge in [-0.2, -0.15) is 0 Å². The molecule has 2 unspecified atom stereocenters. The third-order valence-corrected chi connectivity index (χ3v) is 7.85. The van der Waals surface area contributed by atoms with E-state index in [1.54, 1.807) is 25.3 Å². The maximum Gasteiger partial charge on any atom is 0.165 e. The fourth-order valence-corrected chi connectivity index (χ4v) is 4.99. The van der Waals surface area contributed by atoms with Crippen molar-refractivity contribution >= 4 is 5.69 Å². The Morgan fingerprint density at radius 1 is 1.08 bits per heavy atom. The van der Waals surface area contributed by atoms with Gasteiger partial charge in [-0.3, -0.25) is 0 Å². The molecule has 0 aliphatic heterocycles. The number of halogens is 1. The van der Waals surface area contributed by atoms with Crippen molar-refractivity contribution < 1.29 is 19.0 Å². The number of hydrogen-bond donors (Lipinski definition) is 2. The smallest absolute Gasteiger partial charge is 0.165 e. The summed E-state index contributed by atoms with van der Waals surface area (Å²) in [5.74, 6) is 1.45. The van der Waals surface area contributed by atoms with E-state index in [4.69, 9.17) is 9.47 Å². The number of hydrogen-bond acceptors (Lipinski definition) is 5. The Bertz CT molecular complexity index is 1260. The highest BCUT2D eigenvalue weighted by Gasteiger charge is 2.24. The third-order valence-electron chi connectivity index (χ3n) is 7.85. The average Bonchev–Trinajstić information content (AvgIpc) is 2.87. The van der Waals surface area contributed by atoms with Gasteiger partial charge in [0.05, 0.1) is 7.11 Å². The third kappa shape index (κ3) is 6.60. The number of phenols is 1. The second kappa shape index (κ2) is 11.6. The van der Waals surface area contributed by atoms with Crippen LogP contribution in [0, 0.1) is 5.82 Å². The summed E-state index contributed by atoms with van der Waals surface area (Å²) >= 11 is 0. The van der Waals surface area contributed by atoms with E-state index in [1.165, 1.54) is 16.7 Å². The fourth-order valence-electron chi connectivity index (χ4n) is 4.99. The van der Waals surface area contributed by atoms with E-state index < -0.39 is 0 Å².